The van der Waals surface area contributed by atoms with Gasteiger partial charge in [0.15, 0.2) is 5.78 Å². The summed E-state index contributed by atoms with van der Waals surface area (Å²) < 4.78 is 0.987. The first-order chi connectivity index (χ1) is 8.15. The van der Waals surface area contributed by atoms with Crippen molar-refractivity contribution in [2.75, 3.05) is 0 Å². The Labute approximate surface area is 112 Å². The molecule has 0 saturated heterocycles. The van der Waals surface area contributed by atoms with E-state index in [2.05, 4.69) is 25.2 Å². The van der Waals surface area contributed by atoms with Crippen LogP contribution >= 0.6 is 25.2 Å². The van der Waals surface area contributed by atoms with Crippen molar-refractivity contribution < 1.29 is 4.79 Å². The lowest BCUT2D eigenvalue weighted by Gasteiger charge is -2.02. The lowest BCUT2D eigenvalue weighted by atomic mass is 10.0. The van der Waals surface area contributed by atoms with Crippen LogP contribution in [0.5, 0.6) is 0 Å². The zero-order valence-electron chi connectivity index (χ0n) is 9.19. The molecule has 0 heterocycles. The number of benzene rings is 2. The molecule has 1 atom stereocenters. The van der Waals surface area contributed by atoms with Crippen molar-refractivity contribution in [3.63, 3.8) is 0 Å². The Kier molecular flexibility index (Phi) is 4.09. The highest BCUT2D eigenvalue weighted by Gasteiger charge is 2.06. The fraction of sp³-hybridized carbons (Fsp3) is 0.0714. The molecule has 0 radical (unpaired) electrons. The third-order valence-electron chi connectivity index (χ3n) is 2.51. The van der Waals surface area contributed by atoms with Gasteiger partial charge in [-0.3, -0.25) is 4.79 Å². The van der Waals surface area contributed by atoms with Crippen molar-refractivity contribution >= 4 is 36.3 Å². The first-order valence-corrected chi connectivity index (χ1v) is 6.65. The Bertz CT molecular complexity index is 517. The van der Waals surface area contributed by atoms with Gasteiger partial charge in [0.05, 0.1) is 0 Å². The number of Topliss-reactive ketones (excluding diaryl/α,β-unsaturated/α-hetero) is 1. The van der Waals surface area contributed by atoms with Crippen molar-refractivity contribution in [2.45, 2.75) is 6.42 Å². The quantitative estimate of drug-likeness (QED) is 0.627. The number of ketones is 1. The molecule has 0 amide bonds. The molecule has 0 aliphatic heterocycles. The molecule has 0 fully saturated rings. The molecule has 0 aliphatic rings. The second kappa shape index (κ2) is 5.57. The SMILES string of the molecule is O=C(Cc1ccc(P)cc1)c1ccc(Br)cc1. The molecule has 2 aromatic rings. The van der Waals surface area contributed by atoms with Gasteiger partial charge in [-0.2, -0.15) is 0 Å². The Morgan fingerprint density at radius 2 is 1.59 bits per heavy atom. The van der Waals surface area contributed by atoms with Crippen molar-refractivity contribution in [2.24, 2.45) is 0 Å². The highest BCUT2D eigenvalue weighted by atomic mass is 79.9. The molecule has 86 valence electrons. The maximum atomic E-state index is 12.0. The standard InChI is InChI=1S/C14H12BrOP/c15-12-5-3-11(4-6-12)14(16)9-10-1-7-13(17)8-2-10/h1-8H,9,17H2. The summed E-state index contributed by atoms with van der Waals surface area (Å²) in [4.78, 5) is 12.0. The van der Waals surface area contributed by atoms with Crippen LogP contribution in [0.2, 0.25) is 0 Å². The molecule has 1 unspecified atom stereocenters. The van der Waals surface area contributed by atoms with Crippen LogP contribution in [0.25, 0.3) is 0 Å². The van der Waals surface area contributed by atoms with E-state index >= 15 is 0 Å². The summed E-state index contributed by atoms with van der Waals surface area (Å²) in [5.74, 6) is 0.147. The first kappa shape index (κ1) is 12.5. The highest BCUT2D eigenvalue weighted by molar-refractivity contribution is 9.10. The summed E-state index contributed by atoms with van der Waals surface area (Å²) in [5.41, 5.74) is 1.80. The van der Waals surface area contributed by atoms with E-state index in [1.54, 1.807) is 0 Å². The van der Waals surface area contributed by atoms with E-state index in [0.29, 0.717) is 6.42 Å². The van der Waals surface area contributed by atoms with Gasteiger partial charge in [0, 0.05) is 16.5 Å². The summed E-state index contributed by atoms with van der Waals surface area (Å²) in [7, 11) is 2.63. The maximum Gasteiger partial charge on any atom is 0.167 e. The topological polar surface area (TPSA) is 17.1 Å². The molecule has 17 heavy (non-hydrogen) atoms. The van der Waals surface area contributed by atoms with Crippen molar-refractivity contribution in [3.8, 4) is 0 Å². The normalized spacial score (nSPS) is 10.2. The third kappa shape index (κ3) is 3.49. The third-order valence-corrected chi connectivity index (χ3v) is 3.42. The molecule has 2 rings (SSSR count). The van der Waals surface area contributed by atoms with E-state index in [1.165, 1.54) is 0 Å². The van der Waals surface area contributed by atoms with Crippen LogP contribution in [0.1, 0.15) is 15.9 Å². The van der Waals surface area contributed by atoms with Gasteiger partial charge in [-0.1, -0.05) is 52.3 Å². The molecule has 2 aromatic carbocycles. The number of hydrogen-bond donors (Lipinski definition) is 0. The molecule has 0 spiro atoms. The van der Waals surface area contributed by atoms with Gasteiger partial charge in [-0.15, -0.1) is 9.24 Å². The van der Waals surface area contributed by atoms with Crippen molar-refractivity contribution in [1.29, 1.82) is 0 Å². The second-order valence-corrected chi connectivity index (χ2v) is 5.43. The van der Waals surface area contributed by atoms with Crippen LogP contribution in [0.3, 0.4) is 0 Å². The Hall–Kier alpha value is -0.980. The largest absolute Gasteiger partial charge is 0.294 e. The van der Waals surface area contributed by atoms with Gasteiger partial charge in [0.1, 0.15) is 0 Å². The smallest absolute Gasteiger partial charge is 0.167 e. The monoisotopic (exact) mass is 306 g/mol. The summed E-state index contributed by atoms with van der Waals surface area (Å²) >= 11 is 3.36. The van der Waals surface area contributed by atoms with Gasteiger partial charge in [-0.25, -0.2) is 0 Å². The van der Waals surface area contributed by atoms with Crippen LogP contribution in [0, 0.1) is 0 Å². The van der Waals surface area contributed by atoms with Gasteiger partial charge in [0.2, 0.25) is 0 Å². The molecule has 0 bridgehead atoms. The number of halogens is 1. The molecule has 0 saturated carbocycles. The molecule has 0 aromatic heterocycles. The highest BCUT2D eigenvalue weighted by Crippen LogP contribution is 2.12. The van der Waals surface area contributed by atoms with Crippen molar-refractivity contribution in [3.05, 3.63) is 64.1 Å². The number of carbonyl (C=O) groups excluding carboxylic acids is 1. The van der Waals surface area contributed by atoms with Gasteiger partial charge >= 0.3 is 0 Å². The van der Waals surface area contributed by atoms with E-state index in [0.717, 1.165) is 20.9 Å². The van der Waals surface area contributed by atoms with E-state index < -0.39 is 0 Å². The number of rotatable bonds is 3. The van der Waals surface area contributed by atoms with E-state index in [9.17, 15) is 4.79 Å². The first-order valence-electron chi connectivity index (χ1n) is 5.28. The molecule has 3 heteroatoms. The molecule has 1 nitrogen and oxygen atoms in total. The lowest BCUT2D eigenvalue weighted by molar-refractivity contribution is 0.0993. The Morgan fingerprint density at radius 3 is 2.18 bits per heavy atom. The predicted molar refractivity (Wildman–Crippen MR) is 78.0 cm³/mol. The van der Waals surface area contributed by atoms with Crippen LogP contribution in [-0.4, -0.2) is 5.78 Å². The molecular weight excluding hydrogens is 295 g/mol. The maximum absolute atomic E-state index is 12.0. The van der Waals surface area contributed by atoms with E-state index in [4.69, 9.17) is 0 Å². The summed E-state index contributed by atoms with van der Waals surface area (Å²) in [5, 5.41) is 1.13. The summed E-state index contributed by atoms with van der Waals surface area (Å²) in [6.45, 7) is 0. The van der Waals surface area contributed by atoms with E-state index in [1.807, 2.05) is 48.5 Å². The molecule has 0 N–H and O–H groups in total. The Morgan fingerprint density at radius 1 is 1.00 bits per heavy atom. The van der Waals surface area contributed by atoms with Gasteiger partial charge < -0.3 is 0 Å². The minimum Gasteiger partial charge on any atom is -0.294 e. The summed E-state index contributed by atoms with van der Waals surface area (Å²) in [6.07, 6.45) is 0.451. The minimum absolute atomic E-state index is 0.147. The minimum atomic E-state index is 0.147. The average Bonchev–Trinajstić information content (AvgIpc) is 2.33. The zero-order valence-corrected chi connectivity index (χ0v) is 11.9. The van der Waals surface area contributed by atoms with Crippen LogP contribution in [0.4, 0.5) is 0 Å². The zero-order chi connectivity index (χ0) is 12.3. The van der Waals surface area contributed by atoms with E-state index in [-0.39, 0.29) is 5.78 Å². The fourth-order valence-corrected chi connectivity index (χ4v) is 2.02. The molecular formula is C14H12BrOP. The summed E-state index contributed by atoms with van der Waals surface area (Å²) in [6, 6.07) is 15.4. The van der Waals surface area contributed by atoms with Crippen LogP contribution in [0.15, 0.2) is 53.0 Å². The van der Waals surface area contributed by atoms with Gasteiger partial charge in [-0.05, 0) is 23.0 Å². The second-order valence-electron chi connectivity index (χ2n) is 3.85. The van der Waals surface area contributed by atoms with Crippen LogP contribution in [-0.2, 0) is 6.42 Å². The fourth-order valence-electron chi connectivity index (χ4n) is 1.56. The number of hydrogen-bond acceptors (Lipinski definition) is 1. The van der Waals surface area contributed by atoms with Gasteiger partial charge in [0.25, 0.3) is 0 Å². The average molecular weight is 307 g/mol. The van der Waals surface area contributed by atoms with Crippen LogP contribution < -0.4 is 5.30 Å². The van der Waals surface area contributed by atoms with Crippen molar-refractivity contribution in [1.82, 2.24) is 0 Å². The lowest BCUT2D eigenvalue weighted by Crippen LogP contribution is -2.04. The predicted octanol–water partition coefficient (Wildman–Crippen LogP) is 3.37. The number of carbonyl (C=O) groups is 1. The molecule has 0 aliphatic carbocycles. The Balaban J connectivity index is 2.11.